The summed E-state index contributed by atoms with van der Waals surface area (Å²) in [5, 5.41) is 2.74. The number of nitrogens with one attached hydrogen (secondary N) is 1. The molecule has 1 amide bonds. The minimum absolute atomic E-state index is 0.0519. The van der Waals surface area contributed by atoms with Crippen molar-refractivity contribution in [3.63, 3.8) is 0 Å². The number of thiazole rings is 1. The number of aromatic nitrogens is 1. The van der Waals surface area contributed by atoms with Crippen LogP contribution in [0.5, 0.6) is 0 Å². The minimum Gasteiger partial charge on any atom is -0.370 e. The molecule has 1 N–H and O–H groups in total. The van der Waals surface area contributed by atoms with Gasteiger partial charge in [0, 0.05) is 13.0 Å². The molecule has 0 atom stereocenters. The van der Waals surface area contributed by atoms with Crippen molar-refractivity contribution in [2.24, 2.45) is 0 Å². The average molecular weight is 389 g/mol. The largest absolute Gasteiger partial charge is 0.370 e. The zero-order valence-corrected chi connectivity index (χ0v) is 16.2. The Labute approximate surface area is 160 Å². The molecule has 26 heavy (non-hydrogen) atoms. The second-order valence-electron chi connectivity index (χ2n) is 6.36. The SMILES string of the molecule is O=C(c1cccs1)N(CCC[NH+]1CCOCC1)c1nc2ccccc2s1. The van der Waals surface area contributed by atoms with Crippen LogP contribution in [0.2, 0.25) is 0 Å². The highest BCUT2D eigenvalue weighted by atomic mass is 32.1. The van der Waals surface area contributed by atoms with Gasteiger partial charge in [0.1, 0.15) is 13.1 Å². The number of hydrogen-bond acceptors (Lipinski definition) is 5. The number of fused-ring (bicyclic) bond motifs is 1. The molecule has 4 rings (SSSR count). The quantitative estimate of drug-likeness (QED) is 0.705. The molecule has 136 valence electrons. The van der Waals surface area contributed by atoms with E-state index in [1.165, 1.54) is 11.3 Å². The first-order valence-electron chi connectivity index (χ1n) is 8.93. The number of carbonyl (C=O) groups excluding carboxylic acids is 1. The standard InChI is InChI=1S/C19H21N3O2S2/c23-18(17-7-3-14-25-17)22(9-4-8-21-10-12-24-13-11-21)19-20-15-5-1-2-6-16(15)26-19/h1-3,5-7,14H,4,8-13H2/p+1. The van der Waals surface area contributed by atoms with Gasteiger partial charge < -0.3 is 9.64 Å². The molecule has 0 spiro atoms. The number of amides is 1. The summed E-state index contributed by atoms with van der Waals surface area (Å²) in [6.07, 6.45) is 0.961. The fourth-order valence-corrected chi connectivity index (χ4v) is 4.85. The van der Waals surface area contributed by atoms with Gasteiger partial charge in [-0.15, -0.1) is 11.3 Å². The van der Waals surface area contributed by atoms with E-state index in [0.29, 0.717) is 6.54 Å². The Kier molecular flexibility index (Phi) is 5.59. The molecular formula is C19H22N3O2S2+. The van der Waals surface area contributed by atoms with Gasteiger partial charge in [-0.3, -0.25) is 9.69 Å². The molecule has 1 saturated heterocycles. The summed E-state index contributed by atoms with van der Waals surface area (Å²) < 4.78 is 6.54. The molecule has 7 heteroatoms. The number of anilines is 1. The lowest BCUT2D eigenvalue weighted by molar-refractivity contribution is -0.908. The fourth-order valence-electron chi connectivity index (χ4n) is 3.19. The molecular weight excluding hydrogens is 366 g/mol. The number of morpholine rings is 1. The van der Waals surface area contributed by atoms with Crippen molar-refractivity contribution in [1.82, 2.24) is 4.98 Å². The average Bonchev–Trinajstić information content (AvgIpc) is 3.35. The van der Waals surface area contributed by atoms with Crippen LogP contribution >= 0.6 is 22.7 Å². The van der Waals surface area contributed by atoms with E-state index in [9.17, 15) is 4.79 Å². The number of hydrogen-bond donors (Lipinski definition) is 1. The summed E-state index contributed by atoms with van der Waals surface area (Å²) >= 11 is 3.08. The van der Waals surface area contributed by atoms with E-state index in [2.05, 4.69) is 6.07 Å². The molecule has 0 saturated carbocycles. The van der Waals surface area contributed by atoms with E-state index >= 15 is 0 Å². The predicted molar refractivity (Wildman–Crippen MR) is 107 cm³/mol. The number of nitrogens with zero attached hydrogens (tertiary/aromatic N) is 2. The van der Waals surface area contributed by atoms with E-state index in [1.54, 1.807) is 16.2 Å². The Bertz CT molecular complexity index is 824. The first-order valence-corrected chi connectivity index (χ1v) is 10.6. The molecule has 1 aliphatic rings. The fraction of sp³-hybridized carbons (Fsp3) is 0.368. The summed E-state index contributed by atoms with van der Waals surface area (Å²) in [5.74, 6) is 0.0519. The highest BCUT2D eigenvalue weighted by Gasteiger charge is 2.23. The van der Waals surface area contributed by atoms with Gasteiger partial charge in [0.05, 0.1) is 34.9 Å². The van der Waals surface area contributed by atoms with Crippen LogP contribution in [0.1, 0.15) is 16.1 Å². The predicted octanol–water partition coefficient (Wildman–Crippen LogP) is 2.31. The number of benzene rings is 1. The Hall–Kier alpha value is -1.80. The van der Waals surface area contributed by atoms with Crippen molar-refractivity contribution in [1.29, 1.82) is 0 Å². The van der Waals surface area contributed by atoms with Crippen molar-refractivity contribution >= 4 is 43.9 Å². The zero-order chi connectivity index (χ0) is 17.8. The molecule has 0 radical (unpaired) electrons. The number of rotatable bonds is 6. The van der Waals surface area contributed by atoms with Crippen LogP contribution in [-0.4, -0.2) is 50.3 Å². The minimum atomic E-state index is 0.0519. The van der Waals surface area contributed by atoms with Crippen molar-refractivity contribution in [3.05, 3.63) is 46.7 Å². The third-order valence-corrected chi connectivity index (χ3v) is 6.52. The Morgan fingerprint density at radius 2 is 2.04 bits per heavy atom. The Morgan fingerprint density at radius 1 is 1.19 bits per heavy atom. The Balaban J connectivity index is 1.51. The van der Waals surface area contributed by atoms with Crippen LogP contribution in [0, 0.1) is 0 Å². The third kappa shape index (κ3) is 3.96. The van der Waals surface area contributed by atoms with Crippen LogP contribution in [0.15, 0.2) is 41.8 Å². The highest BCUT2D eigenvalue weighted by molar-refractivity contribution is 7.22. The van der Waals surface area contributed by atoms with Crippen molar-refractivity contribution in [2.75, 3.05) is 44.3 Å². The van der Waals surface area contributed by atoms with E-state index < -0.39 is 0 Å². The third-order valence-electron chi connectivity index (χ3n) is 4.60. The van der Waals surface area contributed by atoms with E-state index in [0.717, 1.165) is 59.5 Å². The first-order chi connectivity index (χ1) is 12.8. The maximum Gasteiger partial charge on any atom is 0.270 e. The molecule has 5 nitrogen and oxygen atoms in total. The number of quaternary nitrogens is 1. The van der Waals surface area contributed by atoms with Crippen molar-refractivity contribution in [3.8, 4) is 0 Å². The van der Waals surface area contributed by atoms with Gasteiger partial charge in [-0.25, -0.2) is 4.98 Å². The molecule has 1 aliphatic heterocycles. The van der Waals surface area contributed by atoms with Crippen LogP contribution < -0.4 is 9.80 Å². The van der Waals surface area contributed by atoms with Crippen LogP contribution in [0.3, 0.4) is 0 Å². The number of carbonyl (C=O) groups is 1. The lowest BCUT2D eigenvalue weighted by Crippen LogP contribution is -3.14. The summed E-state index contributed by atoms with van der Waals surface area (Å²) in [7, 11) is 0. The summed E-state index contributed by atoms with van der Waals surface area (Å²) in [5.41, 5.74) is 0.954. The van der Waals surface area contributed by atoms with Gasteiger partial charge in [-0.1, -0.05) is 29.5 Å². The number of para-hydroxylation sites is 1. The number of ether oxygens (including phenoxy) is 1. The highest BCUT2D eigenvalue weighted by Crippen LogP contribution is 2.30. The van der Waals surface area contributed by atoms with E-state index in [1.807, 2.05) is 40.6 Å². The lowest BCUT2D eigenvalue weighted by atomic mass is 10.3. The topological polar surface area (TPSA) is 46.9 Å². The van der Waals surface area contributed by atoms with Crippen molar-refractivity contribution in [2.45, 2.75) is 6.42 Å². The Morgan fingerprint density at radius 3 is 2.81 bits per heavy atom. The second kappa shape index (κ2) is 8.26. The van der Waals surface area contributed by atoms with Gasteiger partial charge in [-0.2, -0.15) is 0 Å². The molecule has 2 aromatic heterocycles. The van der Waals surface area contributed by atoms with Crippen LogP contribution in [0.4, 0.5) is 5.13 Å². The van der Waals surface area contributed by atoms with Crippen LogP contribution in [-0.2, 0) is 4.74 Å². The molecule has 1 fully saturated rings. The van der Waals surface area contributed by atoms with Gasteiger partial charge in [0.15, 0.2) is 5.13 Å². The second-order valence-corrected chi connectivity index (χ2v) is 8.32. The molecule has 3 heterocycles. The van der Waals surface area contributed by atoms with E-state index in [4.69, 9.17) is 9.72 Å². The van der Waals surface area contributed by atoms with Gasteiger partial charge in [0.2, 0.25) is 0 Å². The summed E-state index contributed by atoms with van der Waals surface area (Å²) in [4.78, 5) is 21.9. The summed E-state index contributed by atoms with van der Waals surface area (Å²) in [6, 6.07) is 11.9. The molecule has 1 aromatic carbocycles. The maximum atomic E-state index is 13.0. The molecule has 0 unspecified atom stereocenters. The van der Waals surface area contributed by atoms with Gasteiger partial charge >= 0.3 is 0 Å². The van der Waals surface area contributed by atoms with Crippen molar-refractivity contribution < 1.29 is 14.4 Å². The van der Waals surface area contributed by atoms with Crippen LogP contribution in [0.25, 0.3) is 10.2 Å². The molecule has 3 aromatic rings. The molecule has 0 aliphatic carbocycles. The normalized spacial score (nSPS) is 15.4. The summed E-state index contributed by atoms with van der Waals surface area (Å²) in [6.45, 7) is 5.54. The zero-order valence-electron chi connectivity index (χ0n) is 14.5. The van der Waals surface area contributed by atoms with E-state index in [-0.39, 0.29) is 5.91 Å². The van der Waals surface area contributed by atoms with Gasteiger partial charge in [0.25, 0.3) is 5.91 Å². The first kappa shape index (κ1) is 17.6. The monoisotopic (exact) mass is 388 g/mol. The lowest BCUT2D eigenvalue weighted by Gasteiger charge is -2.25. The molecule has 0 bridgehead atoms. The smallest absolute Gasteiger partial charge is 0.270 e. The van der Waals surface area contributed by atoms with Gasteiger partial charge in [-0.05, 0) is 23.6 Å². The maximum absolute atomic E-state index is 13.0. The number of thiophene rings is 1.